The number of para-hydroxylation sites is 1. The average molecular weight is 336 g/mol. The fourth-order valence-electron chi connectivity index (χ4n) is 1.68. The molecule has 1 amide bonds. The van der Waals surface area contributed by atoms with Gasteiger partial charge in [0.25, 0.3) is 5.91 Å². The summed E-state index contributed by atoms with van der Waals surface area (Å²) >= 11 is 11.8. The van der Waals surface area contributed by atoms with Crippen LogP contribution >= 0.6 is 23.2 Å². The van der Waals surface area contributed by atoms with Crippen LogP contribution in [0.3, 0.4) is 0 Å². The fraction of sp³-hybridized carbons (Fsp3) is 0.0667. The molecule has 0 saturated carbocycles. The van der Waals surface area contributed by atoms with Crippen molar-refractivity contribution >= 4 is 40.5 Å². The van der Waals surface area contributed by atoms with E-state index in [2.05, 4.69) is 5.32 Å². The van der Waals surface area contributed by atoms with E-state index in [4.69, 9.17) is 38.9 Å². The summed E-state index contributed by atoms with van der Waals surface area (Å²) in [4.78, 5) is 11.9. The first kappa shape index (κ1) is 16.0. The lowest BCUT2D eigenvalue weighted by Crippen LogP contribution is -2.20. The molecule has 7 heteroatoms. The molecular formula is C15H11Cl2N3O2. The van der Waals surface area contributed by atoms with Crippen molar-refractivity contribution in [2.75, 3.05) is 17.7 Å². The lowest BCUT2D eigenvalue weighted by Gasteiger charge is -2.10. The van der Waals surface area contributed by atoms with Crippen LogP contribution in [-0.2, 0) is 4.79 Å². The normalized spacial score (nSPS) is 9.86. The van der Waals surface area contributed by atoms with E-state index in [0.29, 0.717) is 17.0 Å². The molecule has 0 atom stereocenters. The van der Waals surface area contributed by atoms with Gasteiger partial charge in [-0.05, 0) is 24.3 Å². The van der Waals surface area contributed by atoms with E-state index in [1.807, 2.05) is 6.07 Å². The minimum absolute atomic E-state index is 0.249. The molecule has 2 rings (SSSR count). The maximum atomic E-state index is 11.9. The van der Waals surface area contributed by atoms with E-state index in [9.17, 15) is 4.79 Å². The van der Waals surface area contributed by atoms with E-state index in [1.54, 1.807) is 24.3 Å². The lowest BCUT2D eigenvalue weighted by molar-refractivity contribution is -0.118. The van der Waals surface area contributed by atoms with Crippen LogP contribution in [0.5, 0.6) is 5.75 Å². The molecular weight excluding hydrogens is 325 g/mol. The summed E-state index contributed by atoms with van der Waals surface area (Å²) in [5.74, 6) is -0.0711. The summed E-state index contributed by atoms with van der Waals surface area (Å²) in [6, 6.07) is 11.6. The molecule has 5 nitrogen and oxygen atoms in total. The van der Waals surface area contributed by atoms with Gasteiger partial charge in [0.1, 0.15) is 11.8 Å². The second-order valence-corrected chi connectivity index (χ2v) is 5.11. The van der Waals surface area contributed by atoms with Crippen LogP contribution in [0, 0.1) is 11.3 Å². The molecule has 0 unspecified atom stereocenters. The van der Waals surface area contributed by atoms with E-state index in [-0.39, 0.29) is 22.3 Å². The van der Waals surface area contributed by atoms with Crippen LogP contribution in [0.4, 0.5) is 11.4 Å². The van der Waals surface area contributed by atoms with Crippen molar-refractivity contribution < 1.29 is 9.53 Å². The Morgan fingerprint density at radius 2 is 1.91 bits per heavy atom. The number of ether oxygens (including phenoxy) is 1. The van der Waals surface area contributed by atoms with Crippen molar-refractivity contribution in [2.24, 2.45) is 0 Å². The summed E-state index contributed by atoms with van der Waals surface area (Å²) < 4.78 is 5.32. The van der Waals surface area contributed by atoms with Gasteiger partial charge >= 0.3 is 0 Å². The Labute approximate surface area is 137 Å². The minimum Gasteiger partial charge on any atom is -0.482 e. The number of hydrogen-bond acceptors (Lipinski definition) is 4. The molecule has 3 N–H and O–H groups in total. The van der Waals surface area contributed by atoms with E-state index >= 15 is 0 Å². The summed E-state index contributed by atoms with van der Waals surface area (Å²) in [5, 5.41) is 12.0. The zero-order chi connectivity index (χ0) is 16.1. The average Bonchev–Trinajstić information content (AvgIpc) is 2.50. The number of amides is 1. The van der Waals surface area contributed by atoms with Crippen LogP contribution in [0.2, 0.25) is 10.0 Å². The number of halogens is 2. The van der Waals surface area contributed by atoms with Crippen molar-refractivity contribution in [3.8, 4) is 11.8 Å². The summed E-state index contributed by atoms with van der Waals surface area (Å²) in [6.07, 6.45) is 0. The fourth-order valence-corrected chi connectivity index (χ4v) is 2.17. The highest BCUT2D eigenvalue weighted by Gasteiger charge is 2.09. The summed E-state index contributed by atoms with van der Waals surface area (Å²) in [7, 11) is 0. The number of anilines is 2. The van der Waals surface area contributed by atoms with E-state index in [1.165, 1.54) is 12.1 Å². The van der Waals surface area contributed by atoms with Gasteiger partial charge in [0.05, 0.1) is 21.3 Å². The Bertz CT molecular complexity index is 734. The monoisotopic (exact) mass is 335 g/mol. The third-order valence-corrected chi connectivity index (χ3v) is 3.35. The Balaban J connectivity index is 2.01. The Kier molecular flexibility index (Phi) is 5.10. The zero-order valence-electron chi connectivity index (χ0n) is 11.3. The molecule has 2 aromatic rings. The molecule has 0 radical (unpaired) electrons. The number of nitrogen functional groups attached to an aromatic ring is 1. The van der Waals surface area contributed by atoms with Crippen molar-refractivity contribution in [1.29, 1.82) is 5.26 Å². The first-order valence-electron chi connectivity index (χ1n) is 6.17. The smallest absolute Gasteiger partial charge is 0.262 e. The first-order chi connectivity index (χ1) is 10.5. The predicted octanol–water partition coefficient (Wildman–Crippen LogP) is 3.46. The zero-order valence-corrected chi connectivity index (χ0v) is 12.8. The van der Waals surface area contributed by atoms with Crippen molar-refractivity contribution in [3.63, 3.8) is 0 Å². The van der Waals surface area contributed by atoms with Gasteiger partial charge in [0.15, 0.2) is 6.61 Å². The van der Waals surface area contributed by atoms with Gasteiger partial charge < -0.3 is 15.8 Å². The number of carbonyl (C=O) groups excluding carboxylic acids is 1. The highest BCUT2D eigenvalue weighted by molar-refractivity contribution is 6.39. The van der Waals surface area contributed by atoms with Crippen molar-refractivity contribution in [2.45, 2.75) is 0 Å². The van der Waals surface area contributed by atoms with Gasteiger partial charge in [-0.15, -0.1) is 0 Å². The standard InChI is InChI=1S/C15H11Cl2N3O2/c16-11-5-10(6-12(17)15(11)19)20-14(21)8-22-13-4-2-1-3-9(13)7-18/h1-6H,8,19H2,(H,20,21). The molecule has 0 saturated heterocycles. The van der Waals surface area contributed by atoms with Crippen LogP contribution in [0.25, 0.3) is 0 Å². The molecule has 0 heterocycles. The molecule has 0 aliphatic carbocycles. The highest BCUT2D eigenvalue weighted by atomic mass is 35.5. The van der Waals surface area contributed by atoms with Crippen LogP contribution in [-0.4, -0.2) is 12.5 Å². The number of benzene rings is 2. The van der Waals surface area contributed by atoms with Gasteiger partial charge in [-0.25, -0.2) is 0 Å². The Hall–Kier alpha value is -2.42. The van der Waals surface area contributed by atoms with Crippen LogP contribution < -0.4 is 15.8 Å². The Morgan fingerprint density at radius 3 is 2.55 bits per heavy atom. The molecule has 2 aromatic carbocycles. The van der Waals surface area contributed by atoms with Gasteiger partial charge in [-0.1, -0.05) is 35.3 Å². The number of nitrogens with one attached hydrogen (secondary N) is 1. The number of nitriles is 1. The maximum Gasteiger partial charge on any atom is 0.262 e. The highest BCUT2D eigenvalue weighted by Crippen LogP contribution is 2.31. The molecule has 0 fully saturated rings. The van der Waals surface area contributed by atoms with Crippen LogP contribution in [0.15, 0.2) is 36.4 Å². The topological polar surface area (TPSA) is 88.1 Å². The third-order valence-electron chi connectivity index (χ3n) is 2.73. The second-order valence-electron chi connectivity index (χ2n) is 4.30. The second kappa shape index (κ2) is 7.03. The quantitative estimate of drug-likeness (QED) is 0.837. The molecule has 0 aromatic heterocycles. The van der Waals surface area contributed by atoms with Gasteiger partial charge in [-0.2, -0.15) is 5.26 Å². The third kappa shape index (κ3) is 3.82. The minimum atomic E-state index is -0.412. The lowest BCUT2D eigenvalue weighted by atomic mass is 10.2. The number of nitrogens with zero attached hydrogens (tertiary/aromatic N) is 1. The summed E-state index contributed by atoms with van der Waals surface area (Å²) in [5.41, 5.74) is 6.63. The van der Waals surface area contributed by atoms with Gasteiger partial charge in [0.2, 0.25) is 0 Å². The molecule has 22 heavy (non-hydrogen) atoms. The van der Waals surface area contributed by atoms with Crippen molar-refractivity contribution in [1.82, 2.24) is 0 Å². The number of nitrogens with two attached hydrogens (primary N) is 1. The predicted molar refractivity (Wildman–Crippen MR) is 86.2 cm³/mol. The molecule has 0 aliphatic heterocycles. The van der Waals surface area contributed by atoms with Crippen LogP contribution in [0.1, 0.15) is 5.56 Å². The number of hydrogen-bond donors (Lipinski definition) is 2. The summed E-state index contributed by atoms with van der Waals surface area (Å²) in [6.45, 7) is -0.252. The van der Waals surface area contributed by atoms with E-state index in [0.717, 1.165) is 0 Å². The first-order valence-corrected chi connectivity index (χ1v) is 6.93. The van der Waals surface area contributed by atoms with Gasteiger partial charge in [-0.3, -0.25) is 4.79 Å². The Morgan fingerprint density at radius 1 is 1.27 bits per heavy atom. The SMILES string of the molecule is N#Cc1ccccc1OCC(=O)Nc1cc(Cl)c(N)c(Cl)c1. The largest absolute Gasteiger partial charge is 0.482 e. The van der Waals surface area contributed by atoms with Crippen molar-refractivity contribution in [3.05, 3.63) is 52.0 Å². The number of rotatable bonds is 4. The molecule has 0 bridgehead atoms. The molecule has 0 spiro atoms. The number of carbonyl (C=O) groups is 1. The van der Waals surface area contributed by atoms with Gasteiger partial charge in [0, 0.05) is 5.69 Å². The van der Waals surface area contributed by atoms with E-state index < -0.39 is 5.91 Å². The maximum absolute atomic E-state index is 11.9. The molecule has 0 aliphatic rings. The molecule has 112 valence electrons.